The van der Waals surface area contributed by atoms with Crippen molar-refractivity contribution in [2.24, 2.45) is 0 Å². The first-order valence-corrected chi connectivity index (χ1v) is 4.90. The van der Waals surface area contributed by atoms with Gasteiger partial charge < -0.3 is 15.3 Å². The van der Waals surface area contributed by atoms with Crippen molar-refractivity contribution in [3.63, 3.8) is 0 Å². The summed E-state index contributed by atoms with van der Waals surface area (Å²) in [6.07, 6.45) is -0.426. The van der Waals surface area contributed by atoms with E-state index in [2.05, 4.69) is 5.32 Å². The maximum atomic E-state index is 12.6. The molecule has 0 aliphatic heterocycles. The van der Waals surface area contributed by atoms with E-state index in [0.717, 1.165) is 5.69 Å². The van der Waals surface area contributed by atoms with Crippen LogP contribution in [0.5, 0.6) is 0 Å². The first-order valence-electron chi connectivity index (χ1n) is 4.90. The number of hydrogen-bond donors (Lipinski definition) is 2. The number of nitrogens with zero attached hydrogens (tertiary/aromatic N) is 1. The third-order valence-electron chi connectivity index (χ3n) is 1.96. The van der Waals surface area contributed by atoms with E-state index >= 15 is 0 Å². The molecule has 0 aliphatic carbocycles. The van der Waals surface area contributed by atoms with Crippen LogP contribution in [0.1, 0.15) is 0 Å². The Morgan fingerprint density at radius 2 is 1.93 bits per heavy atom. The normalized spacial score (nSPS) is 12.9. The molecule has 0 amide bonds. The van der Waals surface area contributed by atoms with Crippen molar-refractivity contribution in [2.45, 2.75) is 6.10 Å². The summed E-state index contributed by atoms with van der Waals surface area (Å²) in [6.45, 7) is 1.07. The molecule has 4 heteroatoms. The predicted molar refractivity (Wildman–Crippen MR) is 59.5 cm³/mol. The van der Waals surface area contributed by atoms with Crippen LogP contribution in [-0.2, 0) is 0 Å². The van der Waals surface area contributed by atoms with Crippen molar-refractivity contribution >= 4 is 5.69 Å². The molecule has 0 aromatic heterocycles. The Kier molecular flexibility index (Phi) is 4.52. The lowest BCUT2D eigenvalue weighted by molar-refractivity contribution is 0.148. The Balaban J connectivity index is 2.33. The van der Waals surface area contributed by atoms with Gasteiger partial charge in [0.05, 0.1) is 6.10 Å². The lowest BCUT2D eigenvalue weighted by Crippen LogP contribution is -2.31. The highest BCUT2D eigenvalue weighted by Gasteiger charge is 2.04. The molecule has 0 bridgehead atoms. The van der Waals surface area contributed by atoms with Gasteiger partial charge in [-0.05, 0) is 38.4 Å². The monoisotopic (exact) mass is 212 g/mol. The van der Waals surface area contributed by atoms with Gasteiger partial charge in [-0.1, -0.05) is 0 Å². The number of anilines is 1. The second-order valence-corrected chi connectivity index (χ2v) is 3.80. The standard InChI is InChI=1S/C11H17FN2O/c1-14(2)8-11(15)7-13-10-5-3-9(12)4-6-10/h3-6,11,13,15H,7-8H2,1-2H3. The molecule has 1 aromatic rings. The van der Waals surface area contributed by atoms with E-state index in [1.54, 1.807) is 12.1 Å². The summed E-state index contributed by atoms with van der Waals surface area (Å²) in [7, 11) is 3.81. The van der Waals surface area contributed by atoms with Crippen LogP contribution in [0.4, 0.5) is 10.1 Å². The van der Waals surface area contributed by atoms with E-state index in [9.17, 15) is 9.50 Å². The minimum absolute atomic E-state index is 0.255. The van der Waals surface area contributed by atoms with Crippen molar-refractivity contribution in [3.05, 3.63) is 30.1 Å². The van der Waals surface area contributed by atoms with E-state index in [-0.39, 0.29) is 5.82 Å². The molecule has 84 valence electrons. The van der Waals surface area contributed by atoms with E-state index < -0.39 is 6.10 Å². The summed E-state index contributed by atoms with van der Waals surface area (Å²) >= 11 is 0. The van der Waals surface area contributed by atoms with E-state index in [4.69, 9.17) is 0 Å². The van der Waals surface area contributed by atoms with Gasteiger partial charge in [0, 0.05) is 18.8 Å². The maximum Gasteiger partial charge on any atom is 0.123 e. The van der Waals surface area contributed by atoms with Gasteiger partial charge in [-0.2, -0.15) is 0 Å². The Labute approximate surface area is 89.5 Å². The van der Waals surface area contributed by atoms with Gasteiger partial charge in [0.2, 0.25) is 0 Å². The maximum absolute atomic E-state index is 12.6. The second-order valence-electron chi connectivity index (χ2n) is 3.80. The molecule has 15 heavy (non-hydrogen) atoms. The first kappa shape index (κ1) is 11.9. The number of likely N-dealkylation sites (N-methyl/N-ethyl adjacent to an activating group) is 1. The molecule has 3 nitrogen and oxygen atoms in total. The van der Waals surface area contributed by atoms with Gasteiger partial charge in [0.15, 0.2) is 0 Å². The van der Waals surface area contributed by atoms with Crippen LogP contribution in [0.3, 0.4) is 0 Å². The van der Waals surface area contributed by atoms with Gasteiger partial charge in [-0.3, -0.25) is 0 Å². The second kappa shape index (κ2) is 5.68. The molecule has 0 saturated carbocycles. The molecule has 1 unspecified atom stereocenters. The highest BCUT2D eigenvalue weighted by molar-refractivity contribution is 5.42. The van der Waals surface area contributed by atoms with E-state index in [0.29, 0.717) is 13.1 Å². The van der Waals surface area contributed by atoms with Gasteiger partial charge in [-0.25, -0.2) is 4.39 Å². The zero-order chi connectivity index (χ0) is 11.3. The summed E-state index contributed by atoms with van der Waals surface area (Å²) in [5.74, 6) is -0.255. The summed E-state index contributed by atoms with van der Waals surface area (Å²) < 4.78 is 12.6. The Morgan fingerprint density at radius 3 is 2.47 bits per heavy atom. The van der Waals surface area contributed by atoms with Crippen LogP contribution in [0, 0.1) is 5.82 Å². The quantitative estimate of drug-likeness (QED) is 0.769. The van der Waals surface area contributed by atoms with Crippen molar-refractivity contribution in [3.8, 4) is 0 Å². The molecule has 1 aromatic carbocycles. The predicted octanol–water partition coefficient (Wildman–Crippen LogP) is 1.16. The lowest BCUT2D eigenvalue weighted by Gasteiger charge is -2.16. The summed E-state index contributed by atoms with van der Waals surface area (Å²) in [5, 5.41) is 12.6. The molecule has 0 saturated heterocycles. The Morgan fingerprint density at radius 1 is 1.33 bits per heavy atom. The van der Waals surface area contributed by atoms with Crippen LogP contribution in [0.2, 0.25) is 0 Å². The average Bonchev–Trinajstić information content (AvgIpc) is 2.16. The van der Waals surface area contributed by atoms with Crippen LogP contribution in [0.15, 0.2) is 24.3 Å². The summed E-state index contributed by atoms with van der Waals surface area (Å²) in [5.41, 5.74) is 0.814. The van der Waals surface area contributed by atoms with Crippen LogP contribution in [-0.4, -0.2) is 43.3 Å². The molecule has 0 spiro atoms. The van der Waals surface area contributed by atoms with E-state index in [1.807, 2.05) is 19.0 Å². The van der Waals surface area contributed by atoms with E-state index in [1.165, 1.54) is 12.1 Å². The number of halogens is 1. The third-order valence-corrected chi connectivity index (χ3v) is 1.96. The highest BCUT2D eigenvalue weighted by Crippen LogP contribution is 2.07. The first-order chi connectivity index (χ1) is 7.08. The molecule has 0 heterocycles. The molecule has 1 rings (SSSR count). The van der Waals surface area contributed by atoms with Crippen molar-refractivity contribution in [2.75, 3.05) is 32.5 Å². The van der Waals surface area contributed by atoms with Crippen LogP contribution in [0.25, 0.3) is 0 Å². The van der Waals surface area contributed by atoms with Crippen LogP contribution >= 0.6 is 0 Å². The van der Waals surface area contributed by atoms with Gasteiger partial charge >= 0.3 is 0 Å². The number of rotatable bonds is 5. The Hall–Kier alpha value is -1.13. The number of aliphatic hydroxyl groups excluding tert-OH is 1. The molecule has 2 N–H and O–H groups in total. The molecular formula is C11H17FN2O. The molecule has 0 aliphatic rings. The molecular weight excluding hydrogens is 195 g/mol. The largest absolute Gasteiger partial charge is 0.390 e. The van der Waals surface area contributed by atoms with Crippen molar-refractivity contribution in [1.29, 1.82) is 0 Å². The zero-order valence-corrected chi connectivity index (χ0v) is 9.07. The number of nitrogens with one attached hydrogen (secondary N) is 1. The van der Waals surface area contributed by atoms with Gasteiger partial charge in [0.25, 0.3) is 0 Å². The summed E-state index contributed by atoms with van der Waals surface area (Å²) in [4.78, 5) is 1.91. The lowest BCUT2D eigenvalue weighted by atomic mass is 10.3. The topological polar surface area (TPSA) is 35.5 Å². The SMILES string of the molecule is CN(C)CC(O)CNc1ccc(F)cc1. The summed E-state index contributed by atoms with van der Waals surface area (Å²) in [6, 6.07) is 6.08. The fourth-order valence-electron chi connectivity index (χ4n) is 1.29. The van der Waals surface area contributed by atoms with Gasteiger partial charge in [0.1, 0.15) is 5.82 Å². The van der Waals surface area contributed by atoms with Crippen LogP contribution < -0.4 is 5.32 Å². The minimum Gasteiger partial charge on any atom is -0.390 e. The minimum atomic E-state index is -0.426. The molecule has 0 radical (unpaired) electrons. The average molecular weight is 212 g/mol. The third kappa shape index (κ3) is 4.76. The fourth-order valence-corrected chi connectivity index (χ4v) is 1.29. The molecule has 0 fully saturated rings. The van der Waals surface area contributed by atoms with Gasteiger partial charge in [-0.15, -0.1) is 0 Å². The zero-order valence-electron chi connectivity index (χ0n) is 9.07. The number of hydrogen-bond acceptors (Lipinski definition) is 3. The Bertz CT molecular complexity index is 287. The number of benzene rings is 1. The highest BCUT2D eigenvalue weighted by atomic mass is 19.1. The molecule has 1 atom stereocenters. The smallest absolute Gasteiger partial charge is 0.123 e. The van der Waals surface area contributed by atoms with Crippen molar-refractivity contribution in [1.82, 2.24) is 4.90 Å². The fraction of sp³-hybridized carbons (Fsp3) is 0.455. The van der Waals surface area contributed by atoms with Crippen molar-refractivity contribution < 1.29 is 9.50 Å². The number of aliphatic hydroxyl groups is 1.